The van der Waals surface area contributed by atoms with Gasteiger partial charge >= 0.3 is 138 Å². The molecular weight excluding hydrogens is 1460 g/mol. The van der Waals surface area contributed by atoms with Gasteiger partial charge in [-0.05, 0) is 121 Å². The Balaban J connectivity index is 0. The van der Waals surface area contributed by atoms with E-state index in [0.29, 0.717) is 65.2 Å². The van der Waals surface area contributed by atoms with Crippen molar-refractivity contribution >= 4 is 96.9 Å². The van der Waals surface area contributed by atoms with Crippen molar-refractivity contribution < 1.29 is 191 Å². The first kappa shape index (κ1) is 82.8. The number of nitrogens with one attached hydrogen (secondary N) is 2. The molecule has 15 nitrogen and oxygen atoms in total. The van der Waals surface area contributed by atoms with E-state index in [1.165, 1.54) is 12.1 Å². The first-order chi connectivity index (χ1) is 36.7. The van der Waals surface area contributed by atoms with E-state index in [1.807, 2.05) is 38.1 Å². The van der Waals surface area contributed by atoms with Gasteiger partial charge in [0, 0.05) is 62.6 Å². The SMILES string of the molecule is CC(C)(C)[Si](C)(C)OCC[C@H](CNC(=O)c1cccc(C#N)c1O)c1ccc(Cl)c(Cl)c1.C[C@H](CO)CBr.C[C@H](CO)COc1c(C#N)cccc1C(=O)NC[C@@H](CCO[Si](C)(C)C(C)(C)C)c1ccc(Cl)c(Cl)c1.O=C([O-])[O-].[Cs+].[Cs+]. The summed E-state index contributed by atoms with van der Waals surface area (Å²) < 4.78 is 18.5. The molecule has 0 heterocycles. The molecular formula is C57H77BrCl4Cs2N4O11Si2. The number of alkyl halides is 1. The van der Waals surface area contributed by atoms with E-state index in [0.717, 1.165) is 16.5 Å². The molecule has 0 fully saturated rings. The number of ether oxygens (including phenoxy) is 1. The first-order valence-electron chi connectivity index (χ1n) is 25.5. The number of amides is 2. The van der Waals surface area contributed by atoms with Crippen LogP contribution in [0.5, 0.6) is 11.5 Å². The van der Waals surface area contributed by atoms with Gasteiger partial charge in [0.1, 0.15) is 23.6 Å². The van der Waals surface area contributed by atoms with Crippen molar-refractivity contribution in [3.63, 3.8) is 0 Å². The molecule has 5 N–H and O–H groups in total. The van der Waals surface area contributed by atoms with Gasteiger partial charge < -0.3 is 54.5 Å². The summed E-state index contributed by atoms with van der Waals surface area (Å²) in [6.45, 7) is 28.0. The number of rotatable bonds is 22. The Hall–Kier alpha value is -0.312. The molecule has 0 radical (unpaired) electrons. The van der Waals surface area contributed by atoms with Crippen LogP contribution in [0.2, 0.25) is 56.4 Å². The van der Waals surface area contributed by atoms with E-state index in [1.54, 1.807) is 42.5 Å². The summed E-state index contributed by atoms with van der Waals surface area (Å²) in [5, 5.41) is 71.9. The number of hydrogen-bond donors (Lipinski definition) is 5. The van der Waals surface area contributed by atoms with Gasteiger partial charge in [-0.1, -0.05) is 142 Å². The number of hydrogen-bond acceptors (Lipinski definition) is 13. The van der Waals surface area contributed by atoms with Crippen LogP contribution in [0, 0.1) is 34.5 Å². The van der Waals surface area contributed by atoms with Crippen LogP contribution in [-0.4, -0.2) is 101 Å². The molecule has 0 saturated carbocycles. The predicted octanol–water partition coefficient (Wildman–Crippen LogP) is 5.86. The minimum absolute atomic E-state index is 0. The van der Waals surface area contributed by atoms with Crippen molar-refractivity contribution in [2.45, 2.75) is 116 Å². The third kappa shape index (κ3) is 30.0. The molecule has 4 aromatic carbocycles. The van der Waals surface area contributed by atoms with E-state index < -0.39 is 28.7 Å². The molecule has 436 valence electrons. The van der Waals surface area contributed by atoms with Gasteiger partial charge in [0.2, 0.25) is 0 Å². The Morgan fingerprint density at radius 3 is 1.38 bits per heavy atom. The van der Waals surface area contributed by atoms with Crippen LogP contribution >= 0.6 is 62.3 Å². The third-order valence-electron chi connectivity index (χ3n) is 13.5. The number of nitriles is 2. The van der Waals surface area contributed by atoms with Crippen molar-refractivity contribution in [1.82, 2.24) is 10.6 Å². The Bertz CT molecular complexity index is 2680. The maximum absolute atomic E-state index is 13.2. The number of aromatic hydroxyl groups is 1. The monoisotopic (exact) mass is 1530 g/mol. The zero-order valence-electron chi connectivity index (χ0n) is 49.2. The number of carbonyl (C=O) groups is 3. The second-order valence-corrected chi connectivity index (χ2v) is 33.7. The molecule has 0 aromatic heterocycles. The Morgan fingerprint density at radius 2 is 1.04 bits per heavy atom. The van der Waals surface area contributed by atoms with Crippen LogP contribution in [-0.2, 0) is 8.85 Å². The molecule has 4 atom stereocenters. The van der Waals surface area contributed by atoms with E-state index >= 15 is 0 Å². The normalized spacial score (nSPS) is 12.6. The van der Waals surface area contributed by atoms with Gasteiger partial charge in [-0.15, -0.1) is 0 Å². The molecule has 0 aliphatic heterocycles. The van der Waals surface area contributed by atoms with E-state index in [2.05, 4.69) is 100 Å². The number of benzene rings is 4. The zero-order valence-corrected chi connectivity index (χ0v) is 68.4. The maximum atomic E-state index is 13.2. The second-order valence-electron chi connectivity index (χ2n) is 21.9. The summed E-state index contributed by atoms with van der Waals surface area (Å²) in [6, 6.07) is 24.3. The van der Waals surface area contributed by atoms with Crippen molar-refractivity contribution in [2.75, 3.05) is 51.5 Å². The molecule has 0 aliphatic carbocycles. The molecule has 2 amide bonds. The predicted molar refractivity (Wildman–Crippen MR) is 320 cm³/mol. The fourth-order valence-electron chi connectivity index (χ4n) is 6.38. The zero-order chi connectivity index (χ0) is 60.5. The fraction of sp³-hybridized carbons (Fsp3) is 0.491. The standard InChI is InChI=1S/C28H38Cl2N2O4Si.C24H30Cl2N2O3Si.C4H9BrO.CH2O3.2Cs/c1-19(17-33)18-35-26-21(15-31)8-7-9-23(26)27(34)32-16-22(20-10-11-24(29)25(30)14-20)12-13-36-37(5,6)28(2,3)4;1-24(2,3)32(4,5)31-12-11-18(16-9-10-20(25)21(26)13-16)15-28-23(30)19-8-6-7-17(14-27)22(19)29;1-4(2-5)3-6;2-1(3)4;;/h7-11,14,19,22,33H,12-13,16-18H2,1-6H3,(H,32,34);6-10,13,18,29H,11-12,15H2,1-5H3,(H,28,30);4,6H,2-3H2,1H3;(H2,2,3,4);;/q;;;;2*+1/p-2/t19-,22-;18-;4-;;;/m110.../s1. The largest absolute Gasteiger partial charge is 1.00 e. The Kier molecular flexibility index (Phi) is 41.9. The number of carbonyl (C=O) groups excluding carboxylic acids is 3. The molecule has 81 heavy (non-hydrogen) atoms. The molecule has 4 aromatic rings. The van der Waals surface area contributed by atoms with Crippen molar-refractivity contribution in [2.24, 2.45) is 11.8 Å². The van der Waals surface area contributed by atoms with Gasteiger partial charge in [-0.3, -0.25) is 9.59 Å². The third-order valence-corrected chi connectivity index (χ3v) is 25.2. The molecule has 0 aliphatic rings. The van der Waals surface area contributed by atoms with E-state index in [4.69, 9.17) is 85.4 Å². The average Bonchev–Trinajstić information content (AvgIpc) is 3.38. The summed E-state index contributed by atoms with van der Waals surface area (Å²) in [4.78, 5) is 34.3. The van der Waals surface area contributed by atoms with Gasteiger partial charge in [0.25, 0.3) is 11.8 Å². The van der Waals surface area contributed by atoms with Crippen molar-refractivity contribution in [1.29, 1.82) is 10.5 Å². The minimum Gasteiger partial charge on any atom is -0.652 e. The Labute approximate surface area is 628 Å². The van der Waals surface area contributed by atoms with Gasteiger partial charge in [-0.2, -0.15) is 10.5 Å². The minimum atomic E-state index is -2.33. The van der Waals surface area contributed by atoms with Crippen LogP contribution in [0.4, 0.5) is 4.79 Å². The summed E-state index contributed by atoms with van der Waals surface area (Å²) in [5.74, 6) is -0.766. The summed E-state index contributed by atoms with van der Waals surface area (Å²) in [6.07, 6.45) is -0.977. The topological polar surface area (TPSA) is 257 Å². The average molecular weight is 1540 g/mol. The second kappa shape index (κ2) is 41.0. The quantitative estimate of drug-likeness (QED) is 0.0457. The van der Waals surface area contributed by atoms with E-state index in [-0.39, 0.29) is 225 Å². The van der Waals surface area contributed by atoms with Gasteiger partial charge in [0.05, 0.1) is 49.0 Å². The van der Waals surface area contributed by atoms with Crippen LogP contribution in [0.15, 0.2) is 72.8 Å². The molecule has 0 spiro atoms. The number of halogens is 5. The number of nitrogens with zero attached hydrogens (tertiary/aromatic N) is 2. The molecule has 0 bridgehead atoms. The number of phenols is 1. The summed E-state index contributed by atoms with van der Waals surface area (Å²) in [7, 11) is -3.84. The van der Waals surface area contributed by atoms with Crippen LogP contribution < -0.4 is 163 Å². The number of aliphatic hydroxyl groups is 2. The van der Waals surface area contributed by atoms with Crippen molar-refractivity contribution in [3.8, 4) is 23.6 Å². The molecule has 0 unspecified atom stereocenters. The first-order valence-corrected chi connectivity index (χ1v) is 33.9. The maximum Gasteiger partial charge on any atom is 1.00 e. The van der Waals surface area contributed by atoms with Gasteiger partial charge in [-0.25, -0.2) is 0 Å². The van der Waals surface area contributed by atoms with Crippen LogP contribution in [0.3, 0.4) is 0 Å². The fourth-order valence-corrected chi connectivity index (χ4v) is 9.32. The number of aliphatic hydroxyl groups excluding tert-OH is 2. The van der Waals surface area contributed by atoms with Gasteiger partial charge in [0.15, 0.2) is 16.6 Å². The molecule has 4 rings (SSSR count). The number of carboxylic acid groups (broad SMARTS) is 2. The summed E-state index contributed by atoms with van der Waals surface area (Å²) >= 11 is 28.0. The van der Waals surface area contributed by atoms with Crippen molar-refractivity contribution in [3.05, 3.63) is 126 Å². The molecule has 0 saturated heterocycles. The van der Waals surface area contributed by atoms with Crippen LogP contribution in [0.1, 0.15) is 123 Å². The van der Waals surface area contributed by atoms with Crippen LogP contribution in [0.25, 0.3) is 0 Å². The number of phenolic OH excluding ortho intramolecular Hbond substituents is 1. The molecule has 24 heteroatoms. The van der Waals surface area contributed by atoms with E-state index in [9.17, 15) is 25.1 Å². The Morgan fingerprint density at radius 1 is 0.654 bits per heavy atom. The summed E-state index contributed by atoms with van der Waals surface area (Å²) in [5.41, 5.74) is 2.55. The smallest absolute Gasteiger partial charge is 0.652 e. The number of para-hydroxylation sites is 2.